The molecular formula is C23H30N6O2S. The molecule has 32 heavy (non-hydrogen) atoms. The summed E-state index contributed by atoms with van der Waals surface area (Å²) in [7, 11) is 0. The van der Waals surface area contributed by atoms with Gasteiger partial charge in [-0.25, -0.2) is 4.68 Å². The molecule has 2 aromatic heterocycles. The van der Waals surface area contributed by atoms with Gasteiger partial charge in [0, 0.05) is 39.3 Å². The minimum absolute atomic E-state index is 0.00664. The standard InChI is InChI=1S/C23H30N6O2S/c1-17-20-21(29(26-17)19-7-3-2-4-8-19)25-23(32-20)28-10-5-6-18(16-28)22(30)24-9-11-27-12-14-31-15-13-27/h2-4,7-8,18H,5-6,9-16H2,1H3,(H,24,30). The zero-order valence-electron chi connectivity index (χ0n) is 18.5. The van der Waals surface area contributed by atoms with Crippen LogP contribution in [0.15, 0.2) is 30.3 Å². The minimum atomic E-state index is 0.00664. The van der Waals surface area contributed by atoms with Crippen molar-refractivity contribution in [2.24, 2.45) is 5.92 Å². The fourth-order valence-electron chi connectivity index (χ4n) is 4.48. The van der Waals surface area contributed by atoms with Gasteiger partial charge in [0.15, 0.2) is 10.8 Å². The number of rotatable bonds is 6. The van der Waals surface area contributed by atoms with Gasteiger partial charge in [0.2, 0.25) is 5.91 Å². The molecule has 1 N–H and O–H groups in total. The number of aromatic nitrogens is 3. The molecule has 0 saturated carbocycles. The first kappa shape index (κ1) is 21.4. The lowest BCUT2D eigenvalue weighted by Gasteiger charge is -2.32. The summed E-state index contributed by atoms with van der Waals surface area (Å²) in [5.41, 5.74) is 2.89. The van der Waals surface area contributed by atoms with Gasteiger partial charge < -0.3 is 15.0 Å². The van der Waals surface area contributed by atoms with Crippen LogP contribution in [-0.4, -0.2) is 78.1 Å². The monoisotopic (exact) mass is 454 g/mol. The Morgan fingerprint density at radius 2 is 2.03 bits per heavy atom. The predicted octanol–water partition coefficient (Wildman–Crippen LogP) is 2.46. The summed E-state index contributed by atoms with van der Waals surface area (Å²) in [6.45, 7) is 8.74. The van der Waals surface area contributed by atoms with Gasteiger partial charge in [-0.2, -0.15) is 10.1 Å². The van der Waals surface area contributed by atoms with E-state index in [1.807, 2.05) is 41.9 Å². The smallest absolute Gasteiger partial charge is 0.224 e. The molecule has 2 saturated heterocycles. The molecule has 8 nitrogen and oxygen atoms in total. The number of carbonyl (C=O) groups is 1. The maximum Gasteiger partial charge on any atom is 0.224 e. The molecule has 2 aliphatic heterocycles. The van der Waals surface area contributed by atoms with Crippen LogP contribution in [0, 0.1) is 12.8 Å². The molecule has 0 aliphatic carbocycles. The summed E-state index contributed by atoms with van der Waals surface area (Å²) < 4.78 is 8.42. The first-order valence-corrected chi connectivity index (χ1v) is 12.2. The summed E-state index contributed by atoms with van der Waals surface area (Å²) in [5.74, 6) is 0.169. The summed E-state index contributed by atoms with van der Waals surface area (Å²) in [4.78, 5) is 22.4. The van der Waals surface area contributed by atoms with Crippen LogP contribution in [0.5, 0.6) is 0 Å². The van der Waals surface area contributed by atoms with E-state index in [9.17, 15) is 4.79 Å². The van der Waals surface area contributed by atoms with E-state index in [0.29, 0.717) is 6.54 Å². The number of thiazole rings is 1. The van der Waals surface area contributed by atoms with Crippen LogP contribution in [0.4, 0.5) is 5.13 Å². The second-order valence-electron chi connectivity index (χ2n) is 8.51. The van der Waals surface area contributed by atoms with Gasteiger partial charge in [-0.1, -0.05) is 29.5 Å². The number of amides is 1. The average molecular weight is 455 g/mol. The number of para-hydroxylation sites is 1. The number of ether oxygens (including phenoxy) is 1. The average Bonchev–Trinajstić information content (AvgIpc) is 3.41. The number of fused-ring (bicyclic) bond motifs is 1. The van der Waals surface area contributed by atoms with Crippen LogP contribution in [-0.2, 0) is 9.53 Å². The Balaban J connectivity index is 1.24. The molecule has 5 rings (SSSR count). The van der Waals surface area contributed by atoms with Gasteiger partial charge in [-0.3, -0.25) is 9.69 Å². The van der Waals surface area contributed by atoms with E-state index in [1.54, 1.807) is 11.3 Å². The van der Waals surface area contributed by atoms with E-state index in [1.165, 1.54) is 0 Å². The van der Waals surface area contributed by atoms with Gasteiger partial charge in [0.1, 0.15) is 0 Å². The third-order valence-electron chi connectivity index (χ3n) is 6.27. The van der Waals surface area contributed by atoms with Crippen LogP contribution in [0.3, 0.4) is 0 Å². The van der Waals surface area contributed by atoms with Crippen molar-refractivity contribution in [3.63, 3.8) is 0 Å². The highest BCUT2D eigenvalue weighted by Crippen LogP contribution is 2.34. The van der Waals surface area contributed by atoms with Gasteiger partial charge >= 0.3 is 0 Å². The Hall–Kier alpha value is -2.49. The number of hydrogen-bond donors (Lipinski definition) is 1. The number of carbonyl (C=O) groups excluding carboxylic acids is 1. The number of anilines is 1. The zero-order valence-corrected chi connectivity index (χ0v) is 19.3. The summed E-state index contributed by atoms with van der Waals surface area (Å²) in [5, 5.41) is 8.83. The molecule has 170 valence electrons. The molecule has 2 fully saturated rings. The fourth-order valence-corrected chi connectivity index (χ4v) is 5.50. The van der Waals surface area contributed by atoms with E-state index in [4.69, 9.17) is 14.8 Å². The Morgan fingerprint density at radius 1 is 1.22 bits per heavy atom. The highest BCUT2D eigenvalue weighted by atomic mass is 32.1. The van der Waals surface area contributed by atoms with Gasteiger partial charge in [-0.15, -0.1) is 0 Å². The third kappa shape index (κ3) is 4.51. The molecule has 0 radical (unpaired) electrons. The van der Waals surface area contributed by atoms with E-state index in [2.05, 4.69) is 15.1 Å². The number of morpholine rings is 1. The maximum absolute atomic E-state index is 12.8. The van der Waals surface area contributed by atoms with Crippen LogP contribution in [0.2, 0.25) is 0 Å². The van der Waals surface area contributed by atoms with Gasteiger partial charge in [-0.05, 0) is 31.9 Å². The van der Waals surface area contributed by atoms with E-state index in [0.717, 1.165) is 85.6 Å². The predicted molar refractivity (Wildman–Crippen MR) is 127 cm³/mol. The van der Waals surface area contributed by atoms with E-state index in [-0.39, 0.29) is 11.8 Å². The van der Waals surface area contributed by atoms with Gasteiger partial charge in [0.25, 0.3) is 0 Å². The molecule has 0 bridgehead atoms. The van der Waals surface area contributed by atoms with Crippen molar-refractivity contribution < 1.29 is 9.53 Å². The van der Waals surface area contributed by atoms with Crippen molar-refractivity contribution in [2.75, 3.05) is 57.4 Å². The van der Waals surface area contributed by atoms with Crippen molar-refractivity contribution in [1.82, 2.24) is 25.0 Å². The topological polar surface area (TPSA) is 75.5 Å². The molecule has 1 amide bonds. The number of hydrogen-bond acceptors (Lipinski definition) is 7. The molecule has 1 atom stereocenters. The molecule has 4 heterocycles. The zero-order chi connectivity index (χ0) is 21.9. The molecule has 2 aliphatic rings. The van der Waals surface area contributed by atoms with Crippen molar-refractivity contribution in [3.8, 4) is 5.69 Å². The largest absolute Gasteiger partial charge is 0.379 e. The highest BCUT2D eigenvalue weighted by Gasteiger charge is 2.28. The van der Waals surface area contributed by atoms with Crippen LogP contribution >= 0.6 is 11.3 Å². The SMILES string of the molecule is Cc1nn(-c2ccccc2)c2nc(N3CCCC(C(=O)NCCN4CCOCC4)C3)sc12. The first-order valence-electron chi connectivity index (χ1n) is 11.4. The summed E-state index contributed by atoms with van der Waals surface area (Å²) >= 11 is 1.68. The van der Waals surface area contributed by atoms with E-state index < -0.39 is 0 Å². The van der Waals surface area contributed by atoms with Crippen molar-refractivity contribution in [1.29, 1.82) is 0 Å². The molecule has 9 heteroatoms. The van der Waals surface area contributed by atoms with Crippen LogP contribution in [0.1, 0.15) is 18.5 Å². The lowest BCUT2D eigenvalue weighted by molar-refractivity contribution is -0.125. The maximum atomic E-state index is 12.8. The normalized spacial score (nSPS) is 20.0. The number of benzene rings is 1. The molecule has 1 aromatic carbocycles. The minimum Gasteiger partial charge on any atom is -0.379 e. The first-order chi connectivity index (χ1) is 15.7. The summed E-state index contributed by atoms with van der Waals surface area (Å²) in [6.07, 6.45) is 1.93. The van der Waals surface area contributed by atoms with Crippen molar-refractivity contribution in [3.05, 3.63) is 36.0 Å². The number of nitrogens with zero attached hydrogens (tertiary/aromatic N) is 5. The third-order valence-corrected chi connectivity index (χ3v) is 7.49. The Labute approximate surface area is 192 Å². The summed E-state index contributed by atoms with van der Waals surface area (Å²) in [6, 6.07) is 10.1. The van der Waals surface area contributed by atoms with Crippen LogP contribution < -0.4 is 10.2 Å². The van der Waals surface area contributed by atoms with Crippen molar-refractivity contribution in [2.45, 2.75) is 19.8 Å². The number of aryl methyl sites for hydroxylation is 1. The molecule has 3 aromatic rings. The molecule has 0 spiro atoms. The molecular weight excluding hydrogens is 424 g/mol. The Kier molecular flexibility index (Phi) is 6.38. The number of nitrogens with one attached hydrogen (secondary N) is 1. The number of piperidine rings is 1. The highest BCUT2D eigenvalue weighted by molar-refractivity contribution is 7.22. The second-order valence-corrected chi connectivity index (χ2v) is 9.49. The lowest BCUT2D eigenvalue weighted by atomic mass is 9.97. The molecule has 1 unspecified atom stereocenters. The Bertz CT molecular complexity index is 1060. The Morgan fingerprint density at radius 3 is 2.84 bits per heavy atom. The fraction of sp³-hybridized carbons (Fsp3) is 0.522. The van der Waals surface area contributed by atoms with Gasteiger partial charge in [0.05, 0.1) is 35.2 Å². The van der Waals surface area contributed by atoms with Crippen LogP contribution in [0.25, 0.3) is 16.0 Å². The quantitative estimate of drug-likeness (QED) is 0.617. The second kappa shape index (κ2) is 9.56. The van der Waals surface area contributed by atoms with Crippen molar-refractivity contribution >= 4 is 32.7 Å². The van der Waals surface area contributed by atoms with E-state index >= 15 is 0 Å². The lowest BCUT2D eigenvalue weighted by Crippen LogP contribution is -2.46.